The molecule has 0 saturated heterocycles. The van der Waals surface area contributed by atoms with E-state index in [-0.39, 0.29) is 0 Å². The van der Waals surface area contributed by atoms with Gasteiger partial charge in [0.25, 0.3) is 0 Å². The third-order valence-electron chi connectivity index (χ3n) is 3.59. The van der Waals surface area contributed by atoms with Crippen molar-refractivity contribution in [2.24, 2.45) is 0 Å². The monoisotopic (exact) mass is 224 g/mol. The lowest BCUT2D eigenvalue weighted by Crippen LogP contribution is -2.04. The molecule has 1 aliphatic carbocycles. The molecule has 0 unspecified atom stereocenters. The molecule has 0 aliphatic heterocycles. The van der Waals surface area contributed by atoms with Crippen LogP contribution in [0.3, 0.4) is 0 Å². The van der Waals surface area contributed by atoms with Gasteiger partial charge in [-0.1, -0.05) is 36.4 Å². The number of benzene rings is 2. The molecule has 0 heterocycles. The van der Waals surface area contributed by atoms with E-state index in [9.17, 15) is 5.11 Å². The number of hydrogen-bond acceptors (Lipinski definition) is 1. The Morgan fingerprint density at radius 1 is 0.765 bits per heavy atom. The van der Waals surface area contributed by atoms with E-state index in [1.54, 1.807) is 6.07 Å². The van der Waals surface area contributed by atoms with Gasteiger partial charge in [-0.05, 0) is 48.4 Å². The Labute approximate surface area is 102 Å². The minimum absolute atomic E-state index is 0.381. The highest BCUT2D eigenvalue weighted by Crippen LogP contribution is 2.35. The van der Waals surface area contributed by atoms with E-state index < -0.39 is 0 Å². The van der Waals surface area contributed by atoms with Crippen molar-refractivity contribution in [2.75, 3.05) is 0 Å². The van der Waals surface area contributed by atoms with E-state index in [2.05, 4.69) is 18.2 Å². The van der Waals surface area contributed by atoms with Crippen LogP contribution in [-0.4, -0.2) is 5.11 Å². The molecular weight excluding hydrogens is 208 g/mol. The summed E-state index contributed by atoms with van der Waals surface area (Å²) < 4.78 is 0. The molecule has 0 aromatic heterocycles. The normalized spacial score (nSPS) is 14.4. The first-order valence-corrected chi connectivity index (χ1v) is 6.25. The van der Waals surface area contributed by atoms with Gasteiger partial charge in [0, 0.05) is 5.56 Å². The van der Waals surface area contributed by atoms with Crippen molar-refractivity contribution < 1.29 is 5.11 Å². The second-order valence-corrected chi connectivity index (χ2v) is 4.67. The average molecular weight is 224 g/mol. The molecule has 1 aliphatic rings. The average Bonchev–Trinajstić information content (AvgIpc) is 2.39. The van der Waals surface area contributed by atoms with E-state index in [1.807, 2.05) is 18.2 Å². The van der Waals surface area contributed by atoms with Gasteiger partial charge in [0.2, 0.25) is 0 Å². The van der Waals surface area contributed by atoms with Crippen molar-refractivity contribution in [3.8, 4) is 16.9 Å². The molecule has 0 spiro atoms. The minimum Gasteiger partial charge on any atom is -0.507 e. The van der Waals surface area contributed by atoms with E-state index in [4.69, 9.17) is 0 Å². The molecular formula is C16H16O. The molecule has 0 radical (unpaired) electrons. The Hall–Kier alpha value is -1.76. The van der Waals surface area contributed by atoms with Gasteiger partial charge in [0.05, 0.1) is 0 Å². The van der Waals surface area contributed by atoms with Gasteiger partial charge in [-0.3, -0.25) is 0 Å². The summed E-state index contributed by atoms with van der Waals surface area (Å²) in [5.41, 5.74) is 5.06. The Morgan fingerprint density at radius 2 is 1.53 bits per heavy atom. The number of para-hydroxylation sites is 1. The van der Waals surface area contributed by atoms with Crippen LogP contribution in [0.15, 0.2) is 42.5 Å². The van der Waals surface area contributed by atoms with Gasteiger partial charge < -0.3 is 5.11 Å². The number of phenols is 1. The molecule has 0 atom stereocenters. The van der Waals surface area contributed by atoms with Gasteiger partial charge in [-0.25, -0.2) is 0 Å². The number of aryl methyl sites for hydroxylation is 1. The van der Waals surface area contributed by atoms with Crippen molar-refractivity contribution in [3.63, 3.8) is 0 Å². The number of rotatable bonds is 1. The zero-order valence-electron chi connectivity index (χ0n) is 9.82. The fraction of sp³-hybridized carbons (Fsp3) is 0.250. The molecule has 0 saturated carbocycles. The van der Waals surface area contributed by atoms with Crippen molar-refractivity contribution in [1.29, 1.82) is 0 Å². The Bertz CT molecular complexity index is 543. The second-order valence-electron chi connectivity index (χ2n) is 4.67. The second kappa shape index (κ2) is 4.25. The van der Waals surface area contributed by atoms with Gasteiger partial charge >= 0.3 is 0 Å². The molecule has 1 heteroatoms. The molecule has 2 aromatic carbocycles. The zero-order valence-corrected chi connectivity index (χ0v) is 9.82. The summed E-state index contributed by atoms with van der Waals surface area (Å²) in [7, 11) is 0. The molecule has 0 fully saturated rings. The molecule has 0 bridgehead atoms. The molecule has 17 heavy (non-hydrogen) atoms. The van der Waals surface area contributed by atoms with Crippen LogP contribution in [0.25, 0.3) is 11.1 Å². The highest BCUT2D eigenvalue weighted by molar-refractivity contribution is 5.74. The summed E-state index contributed by atoms with van der Waals surface area (Å²) in [6, 6.07) is 14.1. The summed E-state index contributed by atoms with van der Waals surface area (Å²) >= 11 is 0. The molecule has 1 nitrogen and oxygen atoms in total. The van der Waals surface area contributed by atoms with Crippen LogP contribution in [-0.2, 0) is 12.8 Å². The first-order valence-electron chi connectivity index (χ1n) is 6.25. The van der Waals surface area contributed by atoms with Crippen LogP contribution in [0, 0.1) is 0 Å². The Kier molecular flexibility index (Phi) is 2.60. The first kappa shape index (κ1) is 10.4. The maximum atomic E-state index is 9.97. The maximum absolute atomic E-state index is 9.97. The molecule has 3 rings (SSSR count). The van der Waals surface area contributed by atoms with Crippen LogP contribution < -0.4 is 0 Å². The number of aromatic hydroxyl groups is 1. The summed E-state index contributed by atoms with van der Waals surface area (Å²) in [6.45, 7) is 0. The van der Waals surface area contributed by atoms with Crippen molar-refractivity contribution in [2.45, 2.75) is 25.7 Å². The topological polar surface area (TPSA) is 20.2 Å². The van der Waals surface area contributed by atoms with E-state index >= 15 is 0 Å². The third kappa shape index (κ3) is 1.82. The van der Waals surface area contributed by atoms with Crippen LogP contribution in [0.1, 0.15) is 24.0 Å². The lowest BCUT2D eigenvalue weighted by atomic mass is 9.86. The predicted molar refractivity (Wildman–Crippen MR) is 70.2 cm³/mol. The minimum atomic E-state index is 0.381. The summed E-state index contributed by atoms with van der Waals surface area (Å²) in [6.07, 6.45) is 4.87. The molecule has 0 amide bonds. The van der Waals surface area contributed by atoms with E-state index in [0.29, 0.717) is 5.75 Å². The first-order chi connectivity index (χ1) is 8.36. The zero-order chi connectivity index (χ0) is 11.7. The van der Waals surface area contributed by atoms with Crippen LogP contribution >= 0.6 is 0 Å². The van der Waals surface area contributed by atoms with Gasteiger partial charge in [0.1, 0.15) is 5.75 Å². The number of phenolic OH excluding ortho intramolecular Hbond substituents is 1. The summed E-state index contributed by atoms with van der Waals surface area (Å²) in [5, 5.41) is 9.97. The highest BCUT2D eigenvalue weighted by Gasteiger charge is 2.15. The van der Waals surface area contributed by atoms with Gasteiger partial charge in [-0.15, -0.1) is 0 Å². The molecule has 1 N–H and O–H groups in total. The fourth-order valence-electron chi connectivity index (χ4n) is 2.74. The fourth-order valence-corrected chi connectivity index (χ4v) is 2.74. The standard InChI is InChI=1S/C16H16O/c17-16-11-4-3-9-15(16)14-10-5-7-12-6-1-2-8-13(12)14/h3-5,7,9-11,17H,1-2,6,8H2. The van der Waals surface area contributed by atoms with Gasteiger partial charge in [-0.2, -0.15) is 0 Å². The maximum Gasteiger partial charge on any atom is 0.123 e. The Balaban J connectivity index is 2.18. The quantitative estimate of drug-likeness (QED) is 0.778. The summed E-state index contributed by atoms with van der Waals surface area (Å²) in [4.78, 5) is 0. The molecule has 86 valence electrons. The van der Waals surface area contributed by atoms with E-state index in [0.717, 1.165) is 12.0 Å². The lowest BCUT2D eigenvalue weighted by Gasteiger charge is -2.19. The van der Waals surface area contributed by atoms with Crippen LogP contribution in [0.5, 0.6) is 5.75 Å². The van der Waals surface area contributed by atoms with Crippen LogP contribution in [0.4, 0.5) is 0 Å². The smallest absolute Gasteiger partial charge is 0.123 e. The number of hydrogen-bond donors (Lipinski definition) is 1. The molecule has 2 aromatic rings. The van der Waals surface area contributed by atoms with Gasteiger partial charge in [0.15, 0.2) is 0 Å². The Morgan fingerprint density at radius 3 is 2.41 bits per heavy atom. The van der Waals surface area contributed by atoms with Crippen LogP contribution in [0.2, 0.25) is 0 Å². The predicted octanol–water partition coefficient (Wildman–Crippen LogP) is 3.94. The highest BCUT2D eigenvalue weighted by atomic mass is 16.3. The summed E-state index contributed by atoms with van der Waals surface area (Å²) in [5.74, 6) is 0.381. The third-order valence-corrected chi connectivity index (χ3v) is 3.59. The largest absolute Gasteiger partial charge is 0.507 e. The van der Waals surface area contributed by atoms with Crippen molar-refractivity contribution in [1.82, 2.24) is 0 Å². The number of fused-ring (bicyclic) bond motifs is 1. The van der Waals surface area contributed by atoms with Crippen molar-refractivity contribution in [3.05, 3.63) is 53.6 Å². The SMILES string of the molecule is Oc1ccccc1-c1cccc2c1CCCC2. The van der Waals surface area contributed by atoms with Crippen molar-refractivity contribution >= 4 is 0 Å². The lowest BCUT2D eigenvalue weighted by molar-refractivity contribution is 0.477. The van der Waals surface area contributed by atoms with E-state index in [1.165, 1.54) is 36.0 Å².